The highest BCUT2D eigenvalue weighted by Gasteiger charge is 2.29. The lowest BCUT2D eigenvalue weighted by molar-refractivity contribution is -0.117. The number of carbonyl (C=O) groups is 2. The molecule has 3 aromatic rings. The van der Waals surface area contributed by atoms with Gasteiger partial charge in [0.25, 0.3) is 11.9 Å². The van der Waals surface area contributed by atoms with Gasteiger partial charge in [-0.15, -0.1) is 5.10 Å². The van der Waals surface area contributed by atoms with Crippen molar-refractivity contribution in [2.24, 2.45) is 0 Å². The maximum atomic E-state index is 12.2. The number of benzene rings is 1. The van der Waals surface area contributed by atoms with Gasteiger partial charge in [-0.1, -0.05) is 23.7 Å². The molecule has 4 rings (SSSR count). The SMILES string of the molecule is O=C1CC(c2ccc(Cl)cc2)n2nc(NC(=O)c3cccnc3)nc2N1. The van der Waals surface area contributed by atoms with Gasteiger partial charge in [0.05, 0.1) is 18.0 Å². The van der Waals surface area contributed by atoms with E-state index >= 15 is 0 Å². The van der Waals surface area contributed by atoms with Crippen LogP contribution in [0.15, 0.2) is 48.8 Å². The first-order chi connectivity index (χ1) is 12.6. The van der Waals surface area contributed by atoms with E-state index in [0.717, 1.165) is 5.56 Å². The Balaban J connectivity index is 1.63. The van der Waals surface area contributed by atoms with Crippen LogP contribution < -0.4 is 10.6 Å². The Labute approximate surface area is 153 Å². The second kappa shape index (κ2) is 6.57. The van der Waals surface area contributed by atoms with Gasteiger partial charge in [0.2, 0.25) is 11.9 Å². The van der Waals surface area contributed by atoms with E-state index in [9.17, 15) is 9.59 Å². The van der Waals surface area contributed by atoms with Gasteiger partial charge >= 0.3 is 0 Å². The monoisotopic (exact) mass is 368 g/mol. The molecule has 1 aliphatic heterocycles. The third-order valence-corrected chi connectivity index (χ3v) is 4.21. The molecule has 0 bridgehead atoms. The average molecular weight is 369 g/mol. The van der Waals surface area contributed by atoms with Crippen molar-refractivity contribution in [2.75, 3.05) is 10.6 Å². The maximum Gasteiger partial charge on any atom is 0.259 e. The standard InChI is InChI=1S/C17H13ClN6O2/c18-12-5-3-10(4-6-12)13-8-14(25)20-17-22-16(23-24(13)17)21-15(26)11-2-1-7-19-9-11/h1-7,9,13H,8H2,(H2,20,21,22,23,25,26). The van der Waals surface area contributed by atoms with Crippen LogP contribution in [0.4, 0.5) is 11.9 Å². The average Bonchev–Trinajstić information content (AvgIpc) is 3.04. The molecule has 0 saturated heterocycles. The molecule has 1 unspecified atom stereocenters. The van der Waals surface area contributed by atoms with E-state index in [1.807, 2.05) is 12.1 Å². The Morgan fingerprint density at radius 3 is 2.81 bits per heavy atom. The number of fused-ring (bicyclic) bond motifs is 1. The first-order valence-electron chi connectivity index (χ1n) is 7.83. The van der Waals surface area contributed by atoms with Crippen molar-refractivity contribution in [1.29, 1.82) is 0 Å². The molecule has 2 N–H and O–H groups in total. The van der Waals surface area contributed by atoms with Crippen molar-refractivity contribution >= 4 is 35.3 Å². The van der Waals surface area contributed by atoms with E-state index < -0.39 is 0 Å². The zero-order valence-electron chi connectivity index (χ0n) is 13.4. The van der Waals surface area contributed by atoms with Gasteiger partial charge in [-0.3, -0.25) is 25.2 Å². The highest BCUT2D eigenvalue weighted by molar-refractivity contribution is 6.30. The van der Waals surface area contributed by atoms with Crippen molar-refractivity contribution in [3.63, 3.8) is 0 Å². The largest absolute Gasteiger partial charge is 0.295 e. The molecular formula is C17H13ClN6O2. The first-order valence-corrected chi connectivity index (χ1v) is 8.21. The Morgan fingerprint density at radius 2 is 2.08 bits per heavy atom. The number of hydrogen-bond acceptors (Lipinski definition) is 5. The van der Waals surface area contributed by atoms with Gasteiger partial charge in [0.15, 0.2) is 0 Å². The summed E-state index contributed by atoms with van der Waals surface area (Å²) in [5, 5.41) is 10.2. The second-order valence-electron chi connectivity index (χ2n) is 5.72. The zero-order valence-corrected chi connectivity index (χ0v) is 14.1. The third kappa shape index (κ3) is 3.14. The van der Waals surface area contributed by atoms with Gasteiger partial charge < -0.3 is 0 Å². The lowest BCUT2D eigenvalue weighted by Crippen LogP contribution is -2.29. The normalized spacial score (nSPS) is 15.9. The number of nitrogens with one attached hydrogen (secondary N) is 2. The molecule has 1 atom stereocenters. The number of carbonyl (C=O) groups excluding carboxylic acids is 2. The Hall–Kier alpha value is -3.26. The predicted octanol–water partition coefficient (Wildman–Crippen LogP) is 2.51. The highest BCUT2D eigenvalue weighted by atomic mass is 35.5. The van der Waals surface area contributed by atoms with Gasteiger partial charge in [-0.2, -0.15) is 4.98 Å². The van der Waals surface area contributed by atoms with E-state index in [0.29, 0.717) is 10.6 Å². The minimum absolute atomic E-state index is 0.106. The molecule has 8 nitrogen and oxygen atoms in total. The number of hydrogen-bond donors (Lipinski definition) is 2. The fraction of sp³-hybridized carbons (Fsp3) is 0.118. The van der Waals surface area contributed by atoms with Gasteiger partial charge in [-0.05, 0) is 29.8 Å². The molecule has 2 aromatic heterocycles. The molecule has 130 valence electrons. The predicted molar refractivity (Wildman–Crippen MR) is 95.0 cm³/mol. The molecular weight excluding hydrogens is 356 g/mol. The van der Waals surface area contributed by atoms with Gasteiger partial charge in [0.1, 0.15) is 0 Å². The Bertz CT molecular complexity index is 971. The molecule has 3 heterocycles. The summed E-state index contributed by atoms with van der Waals surface area (Å²) in [4.78, 5) is 32.4. The number of pyridine rings is 1. The number of halogens is 1. The van der Waals surface area contributed by atoms with Crippen LogP contribution in [0.1, 0.15) is 28.4 Å². The van der Waals surface area contributed by atoms with Gasteiger partial charge in [0, 0.05) is 17.4 Å². The van der Waals surface area contributed by atoms with Crippen molar-refractivity contribution in [2.45, 2.75) is 12.5 Å². The second-order valence-corrected chi connectivity index (χ2v) is 6.16. The summed E-state index contributed by atoms with van der Waals surface area (Å²) in [7, 11) is 0. The van der Waals surface area contributed by atoms with Crippen molar-refractivity contribution in [1.82, 2.24) is 19.7 Å². The fourth-order valence-electron chi connectivity index (χ4n) is 2.73. The lowest BCUT2D eigenvalue weighted by atomic mass is 10.0. The number of anilines is 2. The van der Waals surface area contributed by atoms with Crippen LogP contribution in [-0.2, 0) is 4.79 Å². The van der Waals surface area contributed by atoms with E-state index in [1.54, 1.807) is 35.1 Å². The molecule has 0 aliphatic carbocycles. The van der Waals surface area contributed by atoms with E-state index in [4.69, 9.17) is 11.6 Å². The molecule has 0 fully saturated rings. The summed E-state index contributed by atoms with van der Waals surface area (Å²) in [5.41, 5.74) is 1.26. The molecule has 0 radical (unpaired) electrons. The van der Waals surface area contributed by atoms with Crippen molar-refractivity contribution < 1.29 is 9.59 Å². The Morgan fingerprint density at radius 1 is 1.27 bits per heavy atom. The van der Waals surface area contributed by atoms with Crippen LogP contribution in [0.25, 0.3) is 0 Å². The highest BCUT2D eigenvalue weighted by Crippen LogP contribution is 2.30. The molecule has 9 heteroatoms. The molecule has 26 heavy (non-hydrogen) atoms. The van der Waals surface area contributed by atoms with E-state index in [-0.39, 0.29) is 36.2 Å². The maximum absolute atomic E-state index is 12.2. The van der Waals surface area contributed by atoms with Crippen molar-refractivity contribution in [3.05, 3.63) is 64.9 Å². The lowest BCUT2D eigenvalue weighted by Gasteiger charge is -2.23. The topological polar surface area (TPSA) is 102 Å². The Kier molecular flexibility index (Phi) is 4.10. The minimum atomic E-state index is -0.379. The van der Waals surface area contributed by atoms with Crippen LogP contribution in [0.5, 0.6) is 0 Å². The third-order valence-electron chi connectivity index (χ3n) is 3.96. The summed E-state index contributed by atoms with van der Waals surface area (Å²) in [5.74, 6) is -0.164. The number of nitrogens with zero attached hydrogens (tertiary/aromatic N) is 4. The molecule has 1 aliphatic rings. The summed E-state index contributed by atoms with van der Waals surface area (Å²) >= 11 is 5.93. The fourth-order valence-corrected chi connectivity index (χ4v) is 2.86. The molecule has 1 aromatic carbocycles. The van der Waals surface area contributed by atoms with E-state index in [2.05, 4.69) is 25.7 Å². The van der Waals surface area contributed by atoms with Crippen LogP contribution in [0.3, 0.4) is 0 Å². The number of aromatic nitrogens is 4. The molecule has 0 saturated carbocycles. The van der Waals surface area contributed by atoms with Crippen LogP contribution in [0, 0.1) is 0 Å². The van der Waals surface area contributed by atoms with Crippen LogP contribution >= 0.6 is 11.6 Å². The number of amides is 2. The smallest absolute Gasteiger partial charge is 0.259 e. The quantitative estimate of drug-likeness (QED) is 0.739. The number of rotatable bonds is 3. The molecule has 2 amide bonds. The van der Waals surface area contributed by atoms with Crippen molar-refractivity contribution in [3.8, 4) is 0 Å². The summed E-state index contributed by atoms with van der Waals surface area (Å²) < 4.78 is 1.59. The minimum Gasteiger partial charge on any atom is -0.295 e. The zero-order chi connectivity index (χ0) is 18.1. The summed E-state index contributed by atoms with van der Waals surface area (Å²) in [6, 6.07) is 10.2. The van der Waals surface area contributed by atoms with Gasteiger partial charge in [-0.25, -0.2) is 4.68 Å². The van der Waals surface area contributed by atoms with Crippen LogP contribution in [0.2, 0.25) is 5.02 Å². The summed E-state index contributed by atoms with van der Waals surface area (Å²) in [6.45, 7) is 0. The summed E-state index contributed by atoms with van der Waals surface area (Å²) in [6.07, 6.45) is 3.24. The van der Waals surface area contributed by atoms with E-state index in [1.165, 1.54) is 6.20 Å². The molecule has 0 spiro atoms. The first kappa shape index (κ1) is 16.2. The van der Waals surface area contributed by atoms with Crippen LogP contribution in [-0.4, -0.2) is 31.6 Å².